The normalized spacial score (nSPS) is 42.1. The minimum absolute atomic E-state index is 0.377. The molecule has 2 aliphatic heterocycles. The highest BCUT2D eigenvalue weighted by Gasteiger charge is 2.51. The highest BCUT2D eigenvalue weighted by molar-refractivity contribution is 5.26. The molecule has 0 bridgehead atoms. The molecule has 1 aromatic rings. The lowest BCUT2D eigenvalue weighted by molar-refractivity contribution is -0.352. The van der Waals surface area contributed by atoms with E-state index in [1.54, 1.807) is 24.3 Å². The molecule has 0 aliphatic carbocycles. The van der Waals surface area contributed by atoms with Gasteiger partial charge in [-0.2, -0.15) is 0 Å². The Bertz CT molecular complexity index is 667. The molecule has 11 nitrogen and oxygen atoms in total. The van der Waals surface area contributed by atoms with Gasteiger partial charge in [0.1, 0.15) is 54.6 Å². The molecule has 2 saturated heterocycles. The fourth-order valence-corrected chi connectivity index (χ4v) is 3.40. The van der Waals surface area contributed by atoms with Crippen LogP contribution in [0.2, 0.25) is 0 Å². The van der Waals surface area contributed by atoms with E-state index in [1.807, 2.05) is 6.92 Å². The lowest BCUT2D eigenvalue weighted by Crippen LogP contribution is -2.65. The molecule has 2 fully saturated rings. The van der Waals surface area contributed by atoms with Crippen LogP contribution in [0.15, 0.2) is 24.3 Å². The summed E-state index contributed by atoms with van der Waals surface area (Å²) in [7, 11) is 0. The molecular formula is C19H28O11. The van der Waals surface area contributed by atoms with Gasteiger partial charge in [-0.3, -0.25) is 0 Å². The van der Waals surface area contributed by atoms with Gasteiger partial charge in [0.25, 0.3) is 0 Å². The standard InChI is InChI=1S/C19H28O11/c1-8-2-4-9(5-3-8)27-18-16(26)14(24)17(11(7-21)29-18)30-19-15(25)13(23)12(22)10(6-20)28-19/h2-5,10-26H,6-7H2,1H3/t10-,11-,12-,13+,14-,15-,16+,17?,18+,19-/m1/s1. The van der Waals surface area contributed by atoms with Crippen molar-refractivity contribution in [3.63, 3.8) is 0 Å². The summed E-state index contributed by atoms with van der Waals surface area (Å²) in [5.74, 6) is 0.377. The van der Waals surface area contributed by atoms with Crippen molar-refractivity contribution in [3.05, 3.63) is 29.8 Å². The smallest absolute Gasteiger partial charge is 0.229 e. The van der Waals surface area contributed by atoms with Crippen LogP contribution in [-0.2, 0) is 14.2 Å². The first-order valence-electron chi connectivity index (χ1n) is 9.58. The van der Waals surface area contributed by atoms with Gasteiger partial charge >= 0.3 is 0 Å². The monoisotopic (exact) mass is 432 g/mol. The second-order valence-electron chi connectivity index (χ2n) is 7.44. The van der Waals surface area contributed by atoms with Crippen LogP contribution in [0.3, 0.4) is 0 Å². The average molecular weight is 432 g/mol. The summed E-state index contributed by atoms with van der Waals surface area (Å²) < 4.78 is 21.8. The summed E-state index contributed by atoms with van der Waals surface area (Å²) in [5.41, 5.74) is 0.994. The predicted octanol–water partition coefficient (Wildman–Crippen LogP) is -3.00. The Morgan fingerprint density at radius 1 is 0.733 bits per heavy atom. The largest absolute Gasteiger partial charge is 0.462 e. The van der Waals surface area contributed by atoms with E-state index in [0.717, 1.165) is 5.56 Å². The fourth-order valence-electron chi connectivity index (χ4n) is 3.40. The second-order valence-corrected chi connectivity index (χ2v) is 7.44. The lowest BCUT2D eigenvalue weighted by atomic mass is 9.97. The zero-order valence-electron chi connectivity index (χ0n) is 16.3. The van der Waals surface area contributed by atoms with E-state index in [9.17, 15) is 35.7 Å². The van der Waals surface area contributed by atoms with Gasteiger partial charge in [-0.1, -0.05) is 17.7 Å². The molecule has 0 spiro atoms. The van der Waals surface area contributed by atoms with Crippen LogP contribution in [0.25, 0.3) is 0 Å². The van der Waals surface area contributed by atoms with Crippen LogP contribution in [0.1, 0.15) is 5.56 Å². The zero-order chi connectivity index (χ0) is 22.0. The molecule has 11 heteroatoms. The molecule has 7 N–H and O–H groups in total. The van der Waals surface area contributed by atoms with Gasteiger partial charge in [-0.05, 0) is 19.1 Å². The number of benzene rings is 1. The first-order valence-corrected chi connectivity index (χ1v) is 9.58. The van der Waals surface area contributed by atoms with E-state index in [1.165, 1.54) is 0 Å². The summed E-state index contributed by atoms with van der Waals surface area (Å²) in [6.45, 7) is 0.606. The third-order valence-corrected chi connectivity index (χ3v) is 5.23. The maximum atomic E-state index is 10.5. The van der Waals surface area contributed by atoms with Gasteiger partial charge in [-0.15, -0.1) is 0 Å². The molecule has 0 saturated carbocycles. The van der Waals surface area contributed by atoms with Gasteiger partial charge in [0.2, 0.25) is 6.29 Å². The number of aryl methyl sites for hydroxylation is 1. The molecule has 3 rings (SSSR count). The Morgan fingerprint density at radius 2 is 1.30 bits per heavy atom. The summed E-state index contributed by atoms with van der Waals surface area (Å²) >= 11 is 0. The Kier molecular flexibility index (Phi) is 7.63. The van der Waals surface area contributed by atoms with E-state index in [-0.39, 0.29) is 0 Å². The third kappa shape index (κ3) is 4.75. The van der Waals surface area contributed by atoms with Crippen LogP contribution in [0.4, 0.5) is 0 Å². The molecule has 1 unspecified atom stereocenters. The van der Waals surface area contributed by atoms with Crippen molar-refractivity contribution in [1.29, 1.82) is 0 Å². The van der Waals surface area contributed by atoms with E-state index >= 15 is 0 Å². The molecule has 170 valence electrons. The summed E-state index contributed by atoms with van der Waals surface area (Å²) in [4.78, 5) is 0. The highest BCUT2D eigenvalue weighted by Crippen LogP contribution is 2.30. The van der Waals surface area contributed by atoms with Crippen molar-refractivity contribution in [2.24, 2.45) is 0 Å². The quantitative estimate of drug-likeness (QED) is 0.244. The Balaban J connectivity index is 1.71. The summed E-state index contributed by atoms with van der Waals surface area (Å²) in [6, 6.07) is 6.88. The van der Waals surface area contributed by atoms with Gasteiger partial charge in [0, 0.05) is 0 Å². The number of hydrogen-bond acceptors (Lipinski definition) is 11. The Morgan fingerprint density at radius 3 is 1.90 bits per heavy atom. The van der Waals surface area contributed by atoms with E-state index in [4.69, 9.17) is 18.9 Å². The average Bonchev–Trinajstić information content (AvgIpc) is 2.74. The Labute approximate surface area is 172 Å². The summed E-state index contributed by atoms with van der Waals surface area (Å²) in [6.07, 6.45) is -14.8. The number of rotatable bonds is 6. The molecular weight excluding hydrogens is 404 g/mol. The van der Waals surface area contributed by atoms with E-state index < -0.39 is 74.6 Å². The zero-order valence-corrected chi connectivity index (χ0v) is 16.3. The van der Waals surface area contributed by atoms with E-state index in [0.29, 0.717) is 5.75 Å². The number of ether oxygens (including phenoxy) is 4. The van der Waals surface area contributed by atoms with Crippen molar-refractivity contribution in [2.75, 3.05) is 13.2 Å². The highest BCUT2D eigenvalue weighted by atomic mass is 16.7. The van der Waals surface area contributed by atoms with Crippen molar-refractivity contribution in [2.45, 2.75) is 68.3 Å². The Hall–Kier alpha value is -1.38. The molecule has 1 aromatic carbocycles. The molecule has 2 aliphatic rings. The van der Waals surface area contributed by atoms with Crippen molar-refractivity contribution in [1.82, 2.24) is 0 Å². The molecule has 0 aromatic heterocycles. The van der Waals surface area contributed by atoms with Crippen LogP contribution in [0.5, 0.6) is 5.75 Å². The van der Waals surface area contributed by atoms with Crippen molar-refractivity contribution in [3.8, 4) is 5.75 Å². The van der Waals surface area contributed by atoms with Crippen molar-refractivity contribution >= 4 is 0 Å². The molecule has 0 radical (unpaired) electrons. The number of hydrogen-bond donors (Lipinski definition) is 7. The topological polar surface area (TPSA) is 179 Å². The van der Waals surface area contributed by atoms with Crippen LogP contribution in [0, 0.1) is 6.92 Å². The van der Waals surface area contributed by atoms with Gasteiger partial charge < -0.3 is 54.7 Å². The summed E-state index contributed by atoms with van der Waals surface area (Å²) in [5, 5.41) is 69.8. The molecule has 30 heavy (non-hydrogen) atoms. The molecule has 10 atom stereocenters. The lowest BCUT2D eigenvalue weighted by Gasteiger charge is -2.45. The van der Waals surface area contributed by atoms with Crippen molar-refractivity contribution < 1.29 is 54.7 Å². The van der Waals surface area contributed by atoms with Gasteiger partial charge in [-0.25, -0.2) is 0 Å². The maximum absolute atomic E-state index is 10.5. The first-order chi connectivity index (χ1) is 14.3. The first kappa shape index (κ1) is 23.3. The SMILES string of the molecule is Cc1ccc(O[C@H]2O[C@H](CO)C(O[C@H]3O[C@H](CO)[C@@H](O)[C@H](O)[C@H]3O)[C@H](O)[C@@H]2O)cc1. The number of aliphatic hydroxyl groups excluding tert-OH is 7. The van der Waals surface area contributed by atoms with Gasteiger partial charge in [0.05, 0.1) is 13.2 Å². The third-order valence-electron chi connectivity index (χ3n) is 5.23. The number of aliphatic hydroxyl groups is 7. The molecule has 2 heterocycles. The van der Waals surface area contributed by atoms with E-state index in [2.05, 4.69) is 0 Å². The van der Waals surface area contributed by atoms with Crippen LogP contribution < -0.4 is 4.74 Å². The maximum Gasteiger partial charge on any atom is 0.229 e. The van der Waals surface area contributed by atoms with Gasteiger partial charge in [0.15, 0.2) is 6.29 Å². The van der Waals surface area contributed by atoms with Crippen LogP contribution >= 0.6 is 0 Å². The second kappa shape index (κ2) is 9.83. The fraction of sp³-hybridized carbons (Fsp3) is 0.684. The van der Waals surface area contributed by atoms with Crippen LogP contribution in [-0.4, -0.2) is 110 Å². The predicted molar refractivity (Wildman–Crippen MR) is 98.2 cm³/mol. The minimum atomic E-state index is -1.71. The molecule has 0 amide bonds. The minimum Gasteiger partial charge on any atom is -0.462 e.